The molecule has 3 aliphatic rings. The van der Waals surface area contributed by atoms with Crippen LogP contribution in [0.2, 0.25) is 5.02 Å². The lowest BCUT2D eigenvalue weighted by molar-refractivity contribution is -0.169. The number of likely N-dealkylation sites (N-methyl/N-ethyl adjacent to an activating group) is 1. The Bertz CT molecular complexity index is 1370. The predicted octanol–water partition coefficient (Wildman–Crippen LogP) is 0.656. The number of carbonyl (C=O) groups excluding carboxylic acids is 4. The van der Waals surface area contributed by atoms with Gasteiger partial charge < -0.3 is 31.3 Å². The summed E-state index contributed by atoms with van der Waals surface area (Å²) >= 11 is 9.41. The molecule has 1 saturated carbocycles. The van der Waals surface area contributed by atoms with E-state index in [1.165, 1.54) is 25.1 Å². The Morgan fingerprint density at radius 3 is 2.34 bits per heavy atom. The van der Waals surface area contributed by atoms with Gasteiger partial charge in [0.15, 0.2) is 11.4 Å². The smallest absolute Gasteiger partial charge is 0.255 e. The zero-order valence-electron chi connectivity index (χ0n) is 20.5. The van der Waals surface area contributed by atoms with Crippen LogP contribution in [-0.4, -0.2) is 90.9 Å². The van der Waals surface area contributed by atoms with Crippen LogP contribution in [0.1, 0.15) is 29.5 Å². The largest absolute Gasteiger partial charge is 0.508 e. The molecule has 4 rings (SSSR count). The molecule has 0 radical (unpaired) electrons. The third kappa shape index (κ3) is 3.65. The number of amides is 1. The van der Waals surface area contributed by atoms with Crippen molar-refractivity contribution in [3.05, 3.63) is 44.7 Å². The fraction of sp³-hybridized carbons (Fsp3) is 0.440. The van der Waals surface area contributed by atoms with Crippen LogP contribution in [0, 0.1) is 11.8 Å². The van der Waals surface area contributed by atoms with Crippen LogP contribution in [0.4, 0.5) is 0 Å². The zero-order chi connectivity index (χ0) is 28.6. The van der Waals surface area contributed by atoms with Gasteiger partial charge in [0.2, 0.25) is 5.78 Å². The van der Waals surface area contributed by atoms with Gasteiger partial charge in [-0.15, -0.1) is 0 Å². The number of benzene rings is 1. The molecule has 0 aromatic heterocycles. The van der Waals surface area contributed by atoms with Crippen molar-refractivity contribution in [1.29, 1.82) is 0 Å². The summed E-state index contributed by atoms with van der Waals surface area (Å²) in [5, 5.41) is 56.5. The predicted molar refractivity (Wildman–Crippen MR) is 138 cm³/mol. The van der Waals surface area contributed by atoms with Gasteiger partial charge in [-0.3, -0.25) is 24.1 Å². The van der Waals surface area contributed by atoms with E-state index < -0.39 is 81.4 Å². The summed E-state index contributed by atoms with van der Waals surface area (Å²) in [4.78, 5) is 52.5. The minimum atomic E-state index is -3.00. The lowest BCUT2D eigenvalue weighted by Crippen LogP contribution is -2.70. The van der Waals surface area contributed by atoms with E-state index in [-0.39, 0.29) is 39.2 Å². The van der Waals surface area contributed by atoms with Crippen molar-refractivity contribution >= 4 is 56.5 Å². The molecule has 7 N–H and O–H groups in total. The molecule has 38 heavy (non-hydrogen) atoms. The van der Waals surface area contributed by atoms with Crippen molar-refractivity contribution in [2.45, 2.75) is 37.0 Å². The quantitative estimate of drug-likeness (QED) is 0.202. The number of nitrogens with two attached hydrogens (primary N) is 1. The van der Waals surface area contributed by atoms with E-state index in [2.05, 4.69) is 15.9 Å². The van der Waals surface area contributed by atoms with Gasteiger partial charge in [0.25, 0.3) is 5.91 Å². The van der Waals surface area contributed by atoms with E-state index >= 15 is 0 Å². The van der Waals surface area contributed by atoms with Gasteiger partial charge in [0.1, 0.15) is 28.6 Å². The summed E-state index contributed by atoms with van der Waals surface area (Å²) in [5.74, 6) is -10.3. The van der Waals surface area contributed by atoms with Gasteiger partial charge in [0.05, 0.1) is 29.0 Å². The second kappa shape index (κ2) is 9.45. The first-order valence-electron chi connectivity index (χ1n) is 11.6. The monoisotopic (exact) mass is 612 g/mol. The second-order valence-electron chi connectivity index (χ2n) is 10.0. The Kier molecular flexibility index (Phi) is 7.03. The minimum Gasteiger partial charge on any atom is -0.508 e. The second-order valence-corrected chi connectivity index (χ2v) is 11.0. The van der Waals surface area contributed by atoms with Crippen molar-refractivity contribution in [1.82, 2.24) is 4.90 Å². The Balaban J connectivity index is 2.04. The number of Topliss-reactive ketones (excluding diaryl/α,β-unsaturated/α-hetero) is 3. The molecular formula is C25H26BrClN2O9. The maximum atomic E-state index is 13.9. The Morgan fingerprint density at radius 2 is 1.82 bits per heavy atom. The van der Waals surface area contributed by atoms with E-state index in [1.807, 2.05) is 0 Å². The number of aromatic hydroxyl groups is 1. The third-order valence-corrected chi connectivity index (χ3v) is 8.79. The van der Waals surface area contributed by atoms with Crippen molar-refractivity contribution < 1.29 is 44.7 Å². The number of hydrogen-bond donors (Lipinski definition) is 6. The van der Waals surface area contributed by atoms with Crippen LogP contribution >= 0.6 is 27.5 Å². The number of phenolic OH excluding ortho intramolecular Hbond substituents is 1. The third-order valence-electron chi connectivity index (χ3n) is 7.82. The molecule has 1 aromatic carbocycles. The molecule has 1 amide bonds. The van der Waals surface area contributed by atoms with E-state index in [1.54, 1.807) is 6.92 Å². The number of aliphatic hydroxyl groups is 4. The molecule has 1 fully saturated rings. The van der Waals surface area contributed by atoms with Crippen LogP contribution in [0.15, 0.2) is 23.0 Å². The fourth-order valence-corrected chi connectivity index (χ4v) is 6.57. The van der Waals surface area contributed by atoms with E-state index in [0.717, 1.165) is 0 Å². The van der Waals surface area contributed by atoms with Gasteiger partial charge in [-0.1, -0.05) is 34.5 Å². The van der Waals surface area contributed by atoms with E-state index in [0.29, 0.717) is 0 Å². The number of hydrogen-bond acceptors (Lipinski definition) is 10. The molecule has 13 heteroatoms. The van der Waals surface area contributed by atoms with Gasteiger partial charge in [0, 0.05) is 28.5 Å². The van der Waals surface area contributed by atoms with Crippen molar-refractivity contribution in [3.8, 4) is 5.75 Å². The van der Waals surface area contributed by atoms with Crippen LogP contribution < -0.4 is 5.73 Å². The minimum absolute atomic E-state index is 0.00255. The van der Waals surface area contributed by atoms with Gasteiger partial charge in [-0.25, -0.2) is 0 Å². The standard InChI is InChI=1S/C25H26BrClN2O9/c1-7-9-5-11(27)10(4-8(30)6-26)18(31)13(9)19(32)14-12(7)20(33)16-17(29(2)3)21(34)15(24(28)37)23(36)25(16,38)22(14)35/h5,7,12,16-17,20,31-33,36,38H,4,6H2,1-3H3,(H2,28,37)/t7-,12+,16+,17-,20-,25-/m0/s1. The highest BCUT2D eigenvalue weighted by Gasteiger charge is 2.68. The van der Waals surface area contributed by atoms with Crippen LogP contribution in [0.5, 0.6) is 5.75 Å². The SMILES string of the molecule is C[C@H]1c2cc(Cl)c(CC(=O)CBr)c(O)c2C(O)=C2C(=O)[C@]3(O)C(O)=C(C(N)=O)C(=O)[C@@H](N(C)C)[C@@H]3[C@@H](O)[C@@H]21. The highest BCUT2D eigenvalue weighted by Crippen LogP contribution is 2.56. The van der Waals surface area contributed by atoms with Crippen LogP contribution in [0.3, 0.4) is 0 Å². The van der Waals surface area contributed by atoms with Gasteiger partial charge >= 0.3 is 0 Å². The molecule has 1 aromatic rings. The average Bonchev–Trinajstić information content (AvgIpc) is 2.83. The van der Waals surface area contributed by atoms with Crippen molar-refractivity contribution in [2.75, 3.05) is 19.4 Å². The molecule has 204 valence electrons. The summed E-state index contributed by atoms with van der Waals surface area (Å²) in [5.41, 5.74) is 0.829. The first-order valence-corrected chi connectivity index (χ1v) is 13.1. The summed E-state index contributed by atoms with van der Waals surface area (Å²) in [6.45, 7) is 1.59. The van der Waals surface area contributed by atoms with Crippen molar-refractivity contribution in [2.24, 2.45) is 17.6 Å². The fourth-order valence-electron chi connectivity index (χ4n) is 6.10. The number of fused-ring (bicyclic) bond motifs is 3. The topological polar surface area (TPSA) is 199 Å². The number of primary amides is 1. The number of carbonyl (C=O) groups is 4. The molecule has 0 spiro atoms. The summed E-state index contributed by atoms with van der Waals surface area (Å²) in [6, 6.07) is -0.0227. The van der Waals surface area contributed by atoms with Gasteiger partial charge in [-0.2, -0.15) is 0 Å². The van der Waals surface area contributed by atoms with Crippen LogP contribution in [-0.2, 0) is 25.6 Å². The molecule has 0 bridgehead atoms. The Morgan fingerprint density at radius 1 is 1.21 bits per heavy atom. The maximum absolute atomic E-state index is 13.9. The molecule has 11 nitrogen and oxygen atoms in total. The first kappa shape index (κ1) is 28.2. The summed E-state index contributed by atoms with van der Waals surface area (Å²) < 4.78 is 0. The number of halogens is 2. The van der Waals surface area contributed by atoms with Crippen LogP contribution in [0.25, 0.3) is 5.76 Å². The number of alkyl halides is 1. The number of aliphatic hydroxyl groups excluding tert-OH is 3. The lowest BCUT2D eigenvalue weighted by atomic mass is 9.54. The molecular weight excluding hydrogens is 588 g/mol. The average molecular weight is 614 g/mol. The Labute approximate surface area is 230 Å². The summed E-state index contributed by atoms with van der Waals surface area (Å²) in [7, 11) is 2.86. The number of rotatable bonds is 5. The number of nitrogens with zero attached hydrogens (tertiary/aromatic N) is 1. The first-order chi connectivity index (χ1) is 17.6. The maximum Gasteiger partial charge on any atom is 0.255 e. The summed E-state index contributed by atoms with van der Waals surface area (Å²) in [6.07, 6.45) is -1.99. The van der Waals surface area contributed by atoms with E-state index in [4.69, 9.17) is 17.3 Å². The molecule has 0 unspecified atom stereocenters. The Hall–Kier alpha value is -2.77. The number of ketones is 3. The van der Waals surface area contributed by atoms with E-state index in [9.17, 15) is 44.7 Å². The molecule has 6 atom stereocenters. The number of phenols is 1. The highest BCUT2D eigenvalue weighted by atomic mass is 79.9. The van der Waals surface area contributed by atoms with Gasteiger partial charge in [-0.05, 0) is 31.6 Å². The molecule has 3 aliphatic carbocycles. The molecule has 0 saturated heterocycles. The molecule has 0 aliphatic heterocycles. The normalized spacial score (nSPS) is 30.8. The highest BCUT2D eigenvalue weighted by molar-refractivity contribution is 9.09. The lowest BCUT2D eigenvalue weighted by Gasteiger charge is -2.53. The molecule has 0 heterocycles. The zero-order valence-corrected chi connectivity index (χ0v) is 22.9. The van der Waals surface area contributed by atoms with Crippen molar-refractivity contribution in [3.63, 3.8) is 0 Å².